The molecule has 150 valence electrons. The Morgan fingerprint density at radius 3 is 3.11 bits per heavy atom. The van der Waals surface area contributed by atoms with Gasteiger partial charge in [-0.15, -0.1) is 0 Å². The number of rotatable bonds is 8. The number of halogens is 2. The van der Waals surface area contributed by atoms with Crippen LogP contribution in [0.4, 0.5) is 14.6 Å². The minimum atomic E-state index is -2.69. The Bertz CT molecular complexity index is 824. The Morgan fingerprint density at radius 2 is 2.32 bits per heavy atom. The quantitative estimate of drug-likeness (QED) is 0.453. The van der Waals surface area contributed by atoms with Crippen molar-refractivity contribution < 1.29 is 14.2 Å². The molecule has 1 atom stereocenters. The van der Waals surface area contributed by atoms with Gasteiger partial charge in [-0.05, 0) is 18.9 Å². The predicted octanol–water partition coefficient (Wildman–Crippen LogP) is 1.57. The van der Waals surface area contributed by atoms with Crippen LogP contribution in [-0.2, 0) is 0 Å². The van der Waals surface area contributed by atoms with Gasteiger partial charge in [-0.2, -0.15) is 8.78 Å². The second-order valence-corrected chi connectivity index (χ2v) is 7.52. The van der Waals surface area contributed by atoms with Gasteiger partial charge in [0.05, 0.1) is 17.6 Å². The Labute approximate surface area is 166 Å². The molecule has 1 saturated heterocycles. The van der Waals surface area contributed by atoms with Crippen molar-refractivity contribution in [3.63, 3.8) is 0 Å². The van der Waals surface area contributed by atoms with E-state index in [9.17, 15) is 8.78 Å². The van der Waals surface area contributed by atoms with Crippen LogP contribution in [0.1, 0.15) is 25.6 Å². The molecular formula is C18H24F2N7S+. The first-order valence-corrected chi connectivity index (χ1v) is 10.1. The Morgan fingerprint density at radius 1 is 1.46 bits per heavy atom. The lowest BCUT2D eigenvalue weighted by molar-refractivity contribution is -0.124. The minimum Gasteiger partial charge on any atom is -0.355 e. The zero-order chi connectivity index (χ0) is 19.9. The maximum atomic E-state index is 12.4. The van der Waals surface area contributed by atoms with Crippen molar-refractivity contribution in [1.29, 1.82) is 0 Å². The summed E-state index contributed by atoms with van der Waals surface area (Å²) < 4.78 is 28.4. The largest absolute Gasteiger partial charge is 0.355 e. The highest BCUT2D eigenvalue weighted by molar-refractivity contribution is 7.97. The maximum Gasteiger partial charge on any atom is 0.320 e. The normalized spacial score (nSPS) is 17.6. The molecule has 0 unspecified atom stereocenters. The second-order valence-electron chi connectivity index (χ2n) is 6.41. The Hall–Kier alpha value is -2.33. The molecule has 4 N–H and O–H groups in total. The Kier molecular flexibility index (Phi) is 7.10. The lowest BCUT2D eigenvalue weighted by atomic mass is 10.1. The van der Waals surface area contributed by atoms with E-state index in [0.717, 1.165) is 43.6 Å². The third kappa shape index (κ3) is 5.35. The van der Waals surface area contributed by atoms with Crippen LogP contribution >= 0.6 is 11.9 Å². The zero-order valence-electron chi connectivity index (χ0n) is 15.6. The number of aromatic amines is 1. The van der Waals surface area contributed by atoms with Gasteiger partial charge < -0.3 is 9.88 Å². The van der Waals surface area contributed by atoms with Crippen molar-refractivity contribution in [2.45, 2.75) is 32.2 Å². The molecule has 0 spiro atoms. The van der Waals surface area contributed by atoms with Crippen LogP contribution in [0.25, 0.3) is 17.5 Å². The molecule has 2 aromatic rings. The van der Waals surface area contributed by atoms with E-state index in [-0.39, 0.29) is 0 Å². The molecule has 0 radical (unpaired) electrons. The van der Waals surface area contributed by atoms with Crippen LogP contribution in [0, 0.1) is 0 Å². The first-order valence-electron chi connectivity index (χ1n) is 9.15. The molecule has 1 aliphatic heterocycles. The second kappa shape index (κ2) is 9.74. The molecule has 1 aliphatic rings. The topological polar surface area (TPSA) is 95.3 Å². The molecule has 0 amide bonds. The van der Waals surface area contributed by atoms with Crippen molar-refractivity contribution in [2.75, 3.05) is 23.7 Å². The fourth-order valence-electron chi connectivity index (χ4n) is 2.95. The van der Waals surface area contributed by atoms with E-state index in [0.29, 0.717) is 23.3 Å². The number of nitrogens with one attached hydrogen (secondary N) is 2. The summed E-state index contributed by atoms with van der Waals surface area (Å²) in [5, 5.41) is 5.23. The van der Waals surface area contributed by atoms with Crippen molar-refractivity contribution in [3.05, 3.63) is 30.5 Å². The number of imidazole rings is 1. The van der Waals surface area contributed by atoms with Gasteiger partial charge in [0.15, 0.2) is 0 Å². The fraction of sp³-hybridized carbons (Fsp3) is 0.444. The zero-order valence-corrected chi connectivity index (χ0v) is 16.4. The molecule has 0 saturated carbocycles. The Balaban J connectivity index is 1.70. The number of H-pyrrole nitrogens is 1. The number of nitrogens with two attached hydrogens (primary N) is 1. The molecule has 3 heterocycles. The average Bonchev–Trinajstić information content (AvgIpc) is 3.20. The van der Waals surface area contributed by atoms with Crippen LogP contribution in [-0.4, -0.2) is 57.0 Å². The first-order chi connectivity index (χ1) is 13.6. The molecule has 3 rings (SSSR count). The number of hydrogen-bond donors (Lipinski definition) is 3. The molecule has 0 bridgehead atoms. The van der Waals surface area contributed by atoms with Gasteiger partial charge in [0, 0.05) is 37.0 Å². The van der Waals surface area contributed by atoms with E-state index in [1.807, 2.05) is 6.07 Å². The predicted molar refractivity (Wildman–Crippen MR) is 108 cm³/mol. The number of piperidine rings is 1. The summed E-state index contributed by atoms with van der Waals surface area (Å²) in [5.41, 5.74) is 0.880. The lowest BCUT2D eigenvalue weighted by Gasteiger charge is -2.33. The summed E-state index contributed by atoms with van der Waals surface area (Å²) in [6, 6.07) is 2.34. The van der Waals surface area contributed by atoms with Gasteiger partial charge in [0.1, 0.15) is 18.0 Å². The summed E-state index contributed by atoms with van der Waals surface area (Å²) in [6.07, 6.45) is 5.27. The van der Waals surface area contributed by atoms with Crippen LogP contribution in [0.2, 0.25) is 0 Å². The summed E-state index contributed by atoms with van der Waals surface area (Å²) >= 11 is 1.74. The molecule has 10 heteroatoms. The van der Waals surface area contributed by atoms with E-state index in [4.69, 9.17) is 5.41 Å². The highest BCUT2D eigenvalue weighted by atomic mass is 32.2. The van der Waals surface area contributed by atoms with Gasteiger partial charge in [-0.3, -0.25) is 10.1 Å². The van der Waals surface area contributed by atoms with E-state index < -0.39 is 12.1 Å². The van der Waals surface area contributed by atoms with Crippen molar-refractivity contribution in [2.24, 2.45) is 0 Å². The van der Waals surface area contributed by atoms with E-state index in [1.54, 1.807) is 18.1 Å². The van der Waals surface area contributed by atoms with E-state index in [1.165, 1.54) is 12.4 Å². The van der Waals surface area contributed by atoms with Crippen LogP contribution in [0.5, 0.6) is 0 Å². The van der Waals surface area contributed by atoms with Crippen LogP contribution in [0.15, 0.2) is 24.7 Å². The molecule has 7 nitrogen and oxygen atoms in total. The number of anilines is 1. The number of allylic oxidation sites excluding steroid dienone is 1. The summed E-state index contributed by atoms with van der Waals surface area (Å²) in [5.74, 6) is 2.32. The van der Waals surface area contributed by atoms with Gasteiger partial charge in [0.25, 0.3) is 0 Å². The molecule has 2 aromatic heterocycles. The van der Waals surface area contributed by atoms with Gasteiger partial charge in [0.2, 0.25) is 5.71 Å². The van der Waals surface area contributed by atoms with Crippen molar-refractivity contribution >= 4 is 29.6 Å². The minimum absolute atomic E-state index is 0.428. The monoisotopic (exact) mass is 408 g/mol. The van der Waals surface area contributed by atoms with Crippen molar-refractivity contribution in [1.82, 2.24) is 24.7 Å². The van der Waals surface area contributed by atoms with Gasteiger partial charge in [-0.25, -0.2) is 15.0 Å². The number of alkyl halides is 2. The summed E-state index contributed by atoms with van der Waals surface area (Å²) in [7, 11) is 0. The third-order valence-electron chi connectivity index (χ3n) is 4.35. The van der Waals surface area contributed by atoms with E-state index in [2.05, 4.69) is 36.5 Å². The van der Waals surface area contributed by atoms with Gasteiger partial charge in [-0.1, -0.05) is 18.9 Å². The number of hydrogen-bond acceptors (Lipinski definition) is 6. The molecule has 28 heavy (non-hydrogen) atoms. The molecule has 0 aromatic carbocycles. The van der Waals surface area contributed by atoms with Gasteiger partial charge >= 0.3 is 6.43 Å². The number of nitrogens with zero attached hydrogens (tertiary/aromatic N) is 4. The highest BCUT2D eigenvalue weighted by Crippen LogP contribution is 2.23. The lowest BCUT2D eigenvalue weighted by Crippen LogP contribution is -2.44. The first kappa shape index (κ1) is 20.4. The SMILES string of the molecule is CCSN[C@H]1CCCN(c2cc(-c3cnc(/C=C\C(=[NH2+])C(F)F)[nH]3)ncn2)C1. The molecule has 0 aliphatic carbocycles. The standard InChI is InChI=1S/C18H23F2N7S/c1-2-28-26-12-4-3-7-27(10-12)17-8-14(23-11-24-17)15-9-22-16(25-15)6-5-13(21)18(19)20/h5-6,8-9,11-12,18,21,26H,2-4,7,10H2,1H3,(H,22,25)/p+1/b6-5-,21-13?/t12-/m0/s1. The fourth-order valence-corrected chi connectivity index (χ4v) is 3.54. The molecular weight excluding hydrogens is 384 g/mol. The van der Waals surface area contributed by atoms with Crippen molar-refractivity contribution in [3.8, 4) is 11.4 Å². The van der Waals surface area contributed by atoms with E-state index >= 15 is 0 Å². The maximum absolute atomic E-state index is 12.4. The summed E-state index contributed by atoms with van der Waals surface area (Å²) in [6.45, 7) is 3.97. The smallest absolute Gasteiger partial charge is 0.320 e. The number of aromatic nitrogens is 4. The highest BCUT2D eigenvalue weighted by Gasteiger charge is 2.21. The third-order valence-corrected chi connectivity index (χ3v) is 5.14. The average molecular weight is 409 g/mol. The van der Waals surface area contributed by atoms with Crippen LogP contribution in [0.3, 0.4) is 0 Å². The summed E-state index contributed by atoms with van der Waals surface area (Å²) in [4.78, 5) is 18.2. The van der Waals surface area contributed by atoms with Crippen LogP contribution < -0.4 is 15.0 Å². The molecule has 1 fully saturated rings.